The SMILES string of the molecule is C[C@@H]1CC[C@@](C)(C(=O)C[N+](C)(C)C)C1(C)C. The van der Waals surface area contributed by atoms with Crippen molar-refractivity contribution in [2.24, 2.45) is 16.7 Å². The molecule has 0 spiro atoms. The normalized spacial score (nSPS) is 34.1. The third-order valence-corrected chi connectivity index (χ3v) is 4.96. The summed E-state index contributed by atoms with van der Waals surface area (Å²) >= 11 is 0. The van der Waals surface area contributed by atoms with Gasteiger partial charge in [-0.2, -0.15) is 0 Å². The largest absolute Gasteiger partial charge is 0.325 e. The molecule has 2 heteroatoms. The van der Waals surface area contributed by atoms with Crippen LogP contribution in [-0.2, 0) is 4.79 Å². The van der Waals surface area contributed by atoms with E-state index in [2.05, 4.69) is 48.8 Å². The lowest BCUT2D eigenvalue weighted by Gasteiger charge is -2.40. The summed E-state index contributed by atoms with van der Waals surface area (Å²) in [6.45, 7) is 9.63. The number of ketones is 1. The van der Waals surface area contributed by atoms with Crippen LogP contribution in [0.3, 0.4) is 0 Å². The zero-order chi connectivity index (χ0) is 12.8. The predicted molar refractivity (Wildman–Crippen MR) is 68.2 cm³/mol. The standard InChI is InChI=1S/C14H28NO/c1-11-8-9-14(4,13(11,2)3)12(16)10-15(5,6)7/h11H,8-10H2,1-7H3/q+1/t11-,14+/m1/s1. The van der Waals surface area contributed by atoms with Gasteiger partial charge in [-0.25, -0.2) is 0 Å². The molecule has 2 atom stereocenters. The Morgan fingerprint density at radius 1 is 1.25 bits per heavy atom. The molecular formula is C14H28NO+. The molecule has 0 aromatic rings. The summed E-state index contributed by atoms with van der Waals surface area (Å²) in [6.07, 6.45) is 2.24. The second kappa shape index (κ2) is 3.83. The highest BCUT2D eigenvalue weighted by Gasteiger charge is 2.54. The van der Waals surface area contributed by atoms with Gasteiger partial charge in [0.15, 0.2) is 5.78 Å². The molecule has 1 fully saturated rings. The Hall–Kier alpha value is -0.370. The van der Waals surface area contributed by atoms with Crippen molar-refractivity contribution in [3.63, 3.8) is 0 Å². The number of Topliss-reactive ketones (excluding diaryl/α,β-unsaturated/α-hetero) is 1. The van der Waals surface area contributed by atoms with Crippen molar-refractivity contribution >= 4 is 5.78 Å². The molecule has 1 rings (SSSR count). The molecule has 0 heterocycles. The molecule has 1 saturated carbocycles. The predicted octanol–water partition coefficient (Wildman–Crippen LogP) is 2.72. The van der Waals surface area contributed by atoms with E-state index in [-0.39, 0.29) is 10.8 Å². The minimum Gasteiger partial charge on any atom is -0.325 e. The first-order chi connectivity index (χ1) is 7.01. The molecule has 1 aliphatic carbocycles. The second-order valence-electron chi connectivity index (χ2n) is 7.37. The van der Waals surface area contributed by atoms with Gasteiger partial charge in [-0.15, -0.1) is 0 Å². The van der Waals surface area contributed by atoms with Gasteiger partial charge in [0.25, 0.3) is 0 Å². The average molecular weight is 226 g/mol. The number of carbonyl (C=O) groups excluding carboxylic acids is 1. The molecule has 0 aromatic carbocycles. The lowest BCUT2D eigenvalue weighted by atomic mass is 9.64. The number of nitrogens with zero attached hydrogens (tertiary/aromatic N) is 1. The molecule has 0 saturated heterocycles. The molecule has 0 aliphatic heterocycles. The molecule has 0 bridgehead atoms. The summed E-state index contributed by atoms with van der Waals surface area (Å²) in [5.41, 5.74) is 0.0111. The number of hydrogen-bond acceptors (Lipinski definition) is 1. The van der Waals surface area contributed by atoms with Crippen molar-refractivity contribution in [2.45, 2.75) is 40.5 Å². The maximum atomic E-state index is 12.5. The van der Waals surface area contributed by atoms with Gasteiger partial charge < -0.3 is 4.48 Å². The molecule has 0 N–H and O–H groups in total. The van der Waals surface area contributed by atoms with Gasteiger partial charge in [0.1, 0.15) is 6.54 Å². The highest BCUT2D eigenvalue weighted by molar-refractivity contribution is 5.86. The van der Waals surface area contributed by atoms with Gasteiger partial charge in [-0.05, 0) is 24.2 Å². The molecular weight excluding hydrogens is 198 g/mol. The van der Waals surface area contributed by atoms with E-state index >= 15 is 0 Å². The van der Waals surface area contributed by atoms with Crippen molar-refractivity contribution < 1.29 is 9.28 Å². The van der Waals surface area contributed by atoms with Crippen molar-refractivity contribution in [2.75, 3.05) is 27.7 Å². The summed E-state index contributed by atoms with van der Waals surface area (Å²) in [7, 11) is 6.27. The summed E-state index contributed by atoms with van der Waals surface area (Å²) in [5.74, 6) is 1.09. The lowest BCUT2D eigenvalue weighted by molar-refractivity contribution is -0.862. The van der Waals surface area contributed by atoms with E-state index < -0.39 is 0 Å². The van der Waals surface area contributed by atoms with E-state index in [9.17, 15) is 4.79 Å². The van der Waals surface area contributed by atoms with Crippen molar-refractivity contribution in [3.05, 3.63) is 0 Å². The number of carbonyl (C=O) groups is 1. The zero-order valence-corrected chi connectivity index (χ0v) is 12.1. The van der Waals surface area contributed by atoms with Crippen LogP contribution in [0, 0.1) is 16.7 Å². The van der Waals surface area contributed by atoms with Crippen LogP contribution >= 0.6 is 0 Å². The zero-order valence-electron chi connectivity index (χ0n) is 12.1. The molecule has 0 aromatic heterocycles. The van der Waals surface area contributed by atoms with Crippen LogP contribution in [0.5, 0.6) is 0 Å². The van der Waals surface area contributed by atoms with E-state index in [0.29, 0.717) is 18.2 Å². The van der Waals surface area contributed by atoms with E-state index in [0.717, 1.165) is 10.9 Å². The van der Waals surface area contributed by atoms with Gasteiger partial charge >= 0.3 is 0 Å². The summed E-state index contributed by atoms with van der Waals surface area (Å²) in [5, 5.41) is 0. The average Bonchev–Trinajstić information content (AvgIpc) is 2.27. The molecule has 16 heavy (non-hydrogen) atoms. The fraction of sp³-hybridized carbons (Fsp3) is 0.929. The van der Waals surface area contributed by atoms with E-state index in [4.69, 9.17) is 0 Å². The van der Waals surface area contributed by atoms with Crippen molar-refractivity contribution in [1.29, 1.82) is 0 Å². The Labute approximate surface area is 101 Å². The van der Waals surface area contributed by atoms with Crippen LogP contribution in [0.2, 0.25) is 0 Å². The molecule has 0 radical (unpaired) electrons. The lowest BCUT2D eigenvalue weighted by Crippen LogP contribution is -2.49. The number of hydrogen-bond donors (Lipinski definition) is 0. The topological polar surface area (TPSA) is 17.1 Å². The Morgan fingerprint density at radius 2 is 1.75 bits per heavy atom. The van der Waals surface area contributed by atoms with Crippen molar-refractivity contribution in [3.8, 4) is 0 Å². The van der Waals surface area contributed by atoms with E-state index in [1.165, 1.54) is 6.42 Å². The highest BCUT2D eigenvalue weighted by atomic mass is 16.1. The van der Waals surface area contributed by atoms with E-state index in [1.54, 1.807) is 0 Å². The first-order valence-electron chi connectivity index (χ1n) is 6.34. The first-order valence-corrected chi connectivity index (χ1v) is 6.34. The Kier molecular flexibility index (Phi) is 3.28. The molecule has 1 aliphatic rings. The van der Waals surface area contributed by atoms with Crippen LogP contribution in [0.25, 0.3) is 0 Å². The number of rotatable bonds is 3. The third-order valence-electron chi connectivity index (χ3n) is 4.96. The van der Waals surface area contributed by atoms with Crippen LogP contribution in [-0.4, -0.2) is 38.0 Å². The fourth-order valence-electron chi connectivity index (χ4n) is 2.84. The minimum atomic E-state index is -0.127. The van der Waals surface area contributed by atoms with Crippen LogP contribution < -0.4 is 0 Å². The second-order valence-corrected chi connectivity index (χ2v) is 7.37. The van der Waals surface area contributed by atoms with E-state index in [1.807, 2.05) is 0 Å². The van der Waals surface area contributed by atoms with Gasteiger partial charge in [-0.1, -0.05) is 27.7 Å². The Morgan fingerprint density at radius 3 is 2.06 bits per heavy atom. The Bertz CT molecular complexity index is 288. The van der Waals surface area contributed by atoms with Crippen molar-refractivity contribution in [1.82, 2.24) is 0 Å². The maximum absolute atomic E-state index is 12.5. The first kappa shape index (κ1) is 13.7. The van der Waals surface area contributed by atoms with Crippen LogP contribution in [0.4, 0.5) is 0 Å². The van der Waals surface area contributed by atoms with Gasteiger partial charge in [0.05, 0.1) is 21.1 Å². The summed E-state index contributed by atoms with van der Waals surface area (Å²) in [6, 6.07) is 0. The van der Waals surface area contributed by atoms with Gasteiger partial charge in [0.2, 0.25) is 0 Å². The fourth-order valence-corrected chi connectivity index (χ4v) is 2.84. The highest BCUT2D eigenvalue weighted by Crippen LogP contribution is 2.56. The molecule has 0 unspecified atom stereocenters. The number of quaternary nitrogens is 1. The molecule has 2 nitrogen and oxygen atoms in total. The third kappa shape index (κ3) is 2.17. The molecule has 0 amide bonds. The smallest absolute Gasteiger partial charge is 0.193 e. The maximum Gasteiger partial charge on any atom is 0.193 e. The number of likely N-dealkylation sites (N-methyl/N-ethyl adjacent to an activating group) is 1. The van der Waals surface area contributed by atoms with Crippen LogP contribution in [0.1, 0.15) is 40.5 Å². The monoisotopic (exact) mass is 226 g/mol. The van der Waals surface area contributed by atoms with Crippen LogP contribution in [0.15, 0.2) is 0 Å². The minimum absolute atomic E-state index is 0.127. The van der Waals surface area contributed by atoms with Gasteiger partial charge in [-0.3, -0.25) is 4.79 Å². The summed E-state index contributed by atoms with van der Waals surface area (Å²) < 4.78 is 0.735. The summed E-state index contributed by atoms with van der Waals surface area (Å²) in [4.78, 5) is 12.5. The quantitative estimate of drug-likeness (QED) is 0.676. The Balaban J connectivity index is 2.91. The molecule has 94 valence electrons. The van der Waals surface area contributed by atoms with Gasteiger partial charge in [0, 0.05) is 5.41 Å².